The number of nitrogens with one attached hydrogen (secondary N) is 1. The van der Waals surface area contributed by atoms with E-state index in [0.29, 0.717) is 5.69 Å². The predicted octanol–water partition coefficient (Wildman–Crippen LogP) is 4.94. The predicted molar refractivity (Wildman–Crippen MR) is 75.4 cm³/mol. The maximum Gasteiger partial charge on any atom is 0.417 e. The lowest BCUT2D eigenvalue weighted by Crippen LogP contribution is -2.08. The lowest BCUT2D eigenvalue weighted by molar-refractivity contribution is -0.137. The van der Waals surface area contributed by atoms with E-state index in [1.54, 1.807) is 6.07 Å². The van der Waals surface area contributed by atoms with Gasteiger partial charge in [0.15, 0.2) is 0 Å². The molecular formula is C16H13F3N2. The van der Waals surface area contributed by atoms with Gasteiger partial charge in [0.05, 0.1) is 17.2 Å². The van der Waals surface area contributed by atoms with Crippen LogP contribution < -0.4 is 5.32 Å². The molecule has 0 atom stereocenters. The Morgan fingerprint density at radius 3 is 2.19 bits per heavy atom. The average molecular weight is 290 g/mol. The molecule has 2 aromatic carbocycles. The average Bonchev–Trinajstić information content (AvgIpc) is 2.42. The molecule has 0 heterocycles. The summed E-state index contributed by atoms with van der Waals surface area (Å²) in [6.45, 7) is 3.76. The first-order chi connectivity index (χ1) is 9.82. The van der Waals surface area contributed by atoms with E-state index in [-0.39, 0.29) is 5.56 Å². The monoisotopic (exact) mass is 290 g/mol. The highest BCUT2D eigenvalue weighted by atomic mass is 19.4. The van der Waals surface area contributed by atoms with Crippen molar-refractivity contribution in [3.05, 3.63) is 58.7 Å². The van der Waals surface area contributed by atoms with E-state index in [1.807, 2.05) is 32.0 Å². The Labute approximate surface area is 120 Å². The van der Waals surface area contributed by atoms with Crippen LogP contribution in [0.2, 0.25) is 0 Å². The number of para-hydroxylation sites is 1. The topological polar surface area (TPSA) is 35.8 Å². The summed E-state index contributed by atoms with van der Waals surface area (Å²) >= 11 is 0. The van der Waals surface area contributed by atoms with Crippen LogP contribution in [0.1, 0.15) is 22.3 Å². The molecule has 5 heteroatoms. The second-order valence-corrected chi connectivity index (χ2v) is 4.76. The zero-order chi connectivity index (χ0) is 15.6. The largest absolute Gasteiger partial charge is 0.417 e. The van der Waals surface area contributed by atoms with E-state index in [1.165, 1.54) is 12.1 Å². The van der Waals surface area contributed by atoms with Gasteiger partial charge in [-0.05, 0) is 43.2 Å². The van der Waals surface area contributed by atoms with Gasteiger partial charge in [-0.2, -0.15) is 18.4 Å². The highest BCUT2D eigenvalue weighted by Gasteiger charge is 2.33. The molecule has 2 aromatic rings. The van der Waals surface area contributed by atoms with Crippen LogP contribution in [0.3, 0.4) is 0 Å². The Balaban J connectivity index is 2.45. The number of aryl methyl sites for hydroxylation is 2. The third-order valence-electron chi connectivity index (χ3n) is 3.20. The Hall–Kier alpha value is -2.48. The third kappa shape index (κ3) is 3.16. The molecule has 0 amide bonds. The van der Waals surface area contributed by atoms with Crippen molar-refractivity contribution in [1.29, 1.82) is 5.26 Å². The Bertz CT molecular complexity index is 692. The molecule has 0 aliphatic rings. The van der Waals surface area contributed by atoms with Crippen LogP contribution in [0.4, 0.5) is 24.5 Å². The standard InChI is InChI=1S/C16H13F3N2/c1-10-4-3-5-11(2)15(10)21-13-7-6-12(9-20)14(8-13)16(17,18)19/h3-8,21H,1-2H3. The van der Waals surface area contributed by atoms with Gasteiger partial charge in [-0.1, -0.05) is 18.2 Å². The van der Waals surface area contributed by atoms with Gasteiger partial charge in [0.1, 0.15) is 0 Å². The van der Waals surface area contributed by atoms with Crippen LogP contribution >= 0.6 is 0 Å². The molecule has 0 fully saturated rings. The number of anilines is 2. The first kappa shape index (κ1) is 14.9. The van der Waals surface area contributed by atoms with Crippen LogP contribution in [-0.4, -0.2) is 0 Å². The molecule has 0 saturated heterocycles. The first-order valence-corrected chi connectivity index (χ1v) is 6.27. The number of nitrogens with zero attached hydrogens (tertiary/aromatic N) is 1. The Morgan fingerprint density at radius 2 is 1.67 bits per heavy atom. The minimum absolute atomic E-state index is 0.304. The molecule has 0 radical (unpaired) electrons. The Kier molecular flexibility index (Phi) is 3.90. The molecule has 0 aromatic heterocycles. The van der Waals surface area contributed by atoms with Crippen LogP contribution in [0.25, 0.3) is 0 Å². The van der Waals surface area contributed by atoms with Crippen molar-refractivity contribution in [3.8, 4) is 6.07 Å². The van der Waals surface area contributed by atoms with Gasteiger partial charge in [-0.15, -0.1) is 0 Å². The molecule has 0 aliphatic carbocycles. The van der Waals surface area contributed by atoms with E-state index < -0.39 is 11.7 Å². The molecule has 0 aliphatic heterocycles. The molecule has 1 N–H and O–H groups in total. The second kappa shape index (κ2) is 5.49. The number of hydrogen-bond donors (Lipinski definition) is 1. The molecule has 0 bridgehead atoms. The fourth-order valence-corrected chi connectivity index (χ4v) is 2.11. The minimum atomic E-state index is -4.55. The number of halogens is 3. The number of alkyl halides is 3. The fourth-order valence-electron chi connectivity index (χ4n) is 2.11. The van der Waals surface area contributed by atoms with Crippen LogP contribution in [-0.2, 0) is 6.18 Å². The molecule has 108 valence electrons. The summed E-state index contributed by atoms with van der Waals surface area (Å²) in [5.74, 6) is 0. The minimum Gasteiger partial charge on any atom is -0.355 e. The van der Waals surface area contributed by atoms with Crippen molar-refractivity contribution >= 4 is 11.4 Å². The molecule has 21 heavy (non-hydrogen) atoms. The summed E-state index contributed by atoms with van der Waals surface area (Å²) in [7, 11) is 0. The summed E-state index contributed by atoms with van der Waals surface area (Å²) in [4.78, 5) is 0. The molecule has 2 rings (SSSR count). The fraction of sp³-hybridized carbons (Fsp3) is 0.188. The van der Waals surface area contributed by atoms with Crippen molar-refractivity contribution in [2.24, 2.45) is 0 Å². The van der Waals surface area contributed by atoms with Crippen LogP contribution in [0.15, 0.2) is 36.4 Å². The summed E-state index contributed by atoms with van der Waals surface area (Å²) in [6, 6.07) is 10.8. The summed E-state index contributed by atoms with van der Waals surface area (Å²) in [6.07, 6.45) is -4.55. The summed E-state index contributed by atoms with van der Waals surface area (Å²) in [5.41, 5.74) is 1.64. The van der Waals surface area contributed by atoms with Crippen molar-refractivity contribution in [2.75, 3.05) is 5.32 Å². The van der Waals surface area contributed by atoms with Crippen molar-refractivity contribution in [1.82, 2.24) is 0 Å². The normalized spacial score (nSPS) is 11.0. The number of rotatable bonds is 2. The van der Waals surface area contributed by atoms with E-state index in [4.69, 9.17) is 5.26 Å². The van der Waals surface area contributed by atoms with Crippen LogP contribution in [0.5, 0.6) is 0 Å². The highest BCUT2D eigenvalue weighted by molar-refractivity contribution is 5.68. The van der Waals surface area contributed by atoms with Gasteiger partial charge >= 0.3 is 6.18 Å². The van der Waals surface area contributed by atoms with E-state index in [0.717, 1.165) is 22.9 Å². The van der Waals surface area contributed by atoms with Gasteiger partial charge in [-0.25, -0.2) is 0 Å². The molecule has 0 saturated carbocycles. The van der Waals surface area contributed by atoms with Gasteiger partial charge in [-0.3, -0.25) is 0 Å². The molecule has 0 spiro atoms. The maximum absolute atomic E-state index is 12.9. The van der Waals surface area contributed by atoms with E-state index >= 15 is 0 Å². The SMILES string of the molecule is Cc1cccc(C)c1Nc1ccc(C#N)c(C(F)(F)F)c1. The van der Waals surface area contributed by atoms with E-state index in [2.05, 4.69) is 5.32 Å². The number of hydrogen-bond acceptors (Lipinski definition) is 2. The smallest absolute Gasteiger partial charge is 0.355 e. The molecular weight excluding hydrogens is 277 g/mol. The maximum atomic E-state index is 12.9. The zero-order valence-electron chi connectivity index (χ0n) is 11.5. The zero-order valence-corrected chi connectivity index (χ0v) is 11.5. The van der Waals surface area contributed by atoms with Gasteiger partial charge in [0.2, 0.25) is 0 Å². The lowest BCUT2D eigenvalue weighted by atomic mass is 10.1. The van der Waals surface area contributed by atoms with E-state index in [9.17, 15) is 13.2 Å². The quantitative estimate of drug-likeness (QED) is 0.850. The van der Waals surface area contributed by atoms with Gasteiger partial charge < -0.3 is 5.32 Å². The Morgan fingerprint density at radius 1 is 1.05 bits per heavy atom. The lowest BCUT2D eigenvalue weighted by Gasteiger charge is -2.15. The summed E-state index contributed by atoms with van der Waals surface area (Å²) in [5, 5.41) is 11.8. The third-order valence-corrected chi connectivity index (χ3v) is 3.20. The van der Waals surface area contributed by atoms with Gasteiger partial charge in [0, 0.05) is 11.4 Å². The summed E-state index contributed by atoms with van der Waals surface area (Å²) < 4.78 is 38.8. The van der Waals surface area contributed by atoms with Crippen molar-refractivity contribution in [2.45, 2.75) is 20.0 Å². The molecule has 2 nitrogen and oxygen atoms in total. The van der Waals surface area contributed by atoms with Crippen LogP contribution in [0, 0.1) is 25.2 Å². The van der Waals surface area contributed by atoms with Crippen molar-refractivity contribution < 1.29 is 13.2 Å². The van der Waals surface area contributed by atoms with Crippen molar-refractivity contribution in [3.63, 3.8) is 0 Å². The van der Waals surface area contributed by atoms with Gasteiger partial charge in [0.25, 0.3) is 0 Å². The first-order valence-electron chi connectivity index (χ1n) is 6.27. The molecule has 0 unspecified atom stereocenters. The number of nitriles is 1. The second-order valence-electron chi connectivity index (χ2n) is 4.76. The highest BCUT2D eigenvalue weighted by Crippen LogP contribution is 2.34. The number of benzene rings is 2.